The fraction of sp³-hybridized carbons (Fsp3) is 0.312. The molecule has 0 atom stereocenters. The van der Waals surface area contributed by atoms with Crippen molar-refractivity contribution in [3.63, 3.8) is 0 Å². The molecule has 0 saturated carbocycles. The van der Waals surface area contributed by atoms with E-state index in [1.807, 2.05) is 13.8 Å². The number of benzene rings is 1. The van der Waals surface area contributed by atoms with E-state index in [9.17, 15) is 9.59 Å². The van der Waals surface area contributed by atoms with Crippen molar-refractivity contribution < 1.29 is 4.74 Å². The molecule has 0 spiro atoms. The molecule has 2 heterocycles. The molecule has 23 heavy (non-hydrogen) atoms. The number of fused-ring (bicyclic) bond motifs is 1. The van der Waals surface area contributed by atoms with Crippen LogP contribution in [0.3, 0.4) is 0 Å². The molecule has 0 aliphatic heterocycles. The molecule has 0 saturated heterocycles. The van der Waals surface area contributed by atoms with Crippen LogP contribution in [0.5, 0.6) is 5.75 Å². The maximum atomic E-state index is 12.6. The van der Waals surface area contributed by atoms with Crippen LogP contribution in [-0.4, -0.2) is 25.9 Å². The molecular weight excluding hydrogens is 296 g/mol. The van der Waals surface area contributed by atoms with Gasteiger partial charge in [0.05, 0.1) is 7.11 Å². The third-order valence-electron chi connectivity index (χ3n) is 3.53. The van der Waals surface area contributed by atoms with Gasteiger partial charge in [0.1, 0.15) is 5.75 Å². The van der Waals surface area contributed by atoms with Gasteiger partial charge in [-0.3, -0.25) is 9.36 Å². The summed E-state index contributed by atoms with van der Waals surface area (Å²) in [6, 6.07) is 7.10. The van der Waals surface area contributed by atoms with Crippen LogP contribution in [0.4, 0.5) is 0 Å². The normalized spacial score (nSPS) is 11.3. The maximum Gasteiger partial charge on any atom is 0.350 e. The molecule has 3 aromatic rings. The van der Waals surface area contributed by atoms with Crippen molar-refractivity contribution in [2.75, 3.05) is 7.11 Å². The minimum Gasteiger partial charge on any atom is -0.497 e. The minimum absolute atomic E-state index is 0.119. The predicted molar refractivity (Wildman–Crippen MR) is 86.4 cm³/mol. The summed E-state index contributed by atoms with van der Waals surface area (Å²) < 4.78 is 9.19. The molecule has 2 aromatic heterocycles. The van der Waals surface area contributed by atoms with Crippen molar-refractivity contribution in [1.29, 1.82) is 0 Å². The summed E-state index contributed by atoms with van der Waals surface area (Å²) >= 11 is 0. The van der Waals surface area contributed by atoms with E-state index in [0.29, 0.717) is 18.0 Å². The van der Waals surface area contributed by atoms with Crippen molar-refractivity contribution in [3.8, 4) is 11.4 Å². The molecule has 0 aliphatic rings. The number of rotatable bonds is 4. The molecule has 7 nitrogen and oxygen atoms in total. The lowest BCUT2D eigenvalue weighted by Gasteiger charge is -2.06. The predicted octanol–water partition coefficient (Wildman–Crippen LogP) is 1.31. The van der Waals surface area contributed by atoms with Crippen molar-refractivity contribution in [1.82, 2.24) is 18.7 Å². The number of aromatic nitrogens is 4. The standard InChI is InChI=1S/C16H18N4O3/c1-11(2)10-20-16(22)19-9-8-18(15(21)14(19)17-20)12-4-6-13(23-3)7-5-12/h4-9,11H,10H2,1-3H3. The van der Waals surface area contributed by atoms with Gasteiger partial charge in [-0.1, -0.05) is 13.8 Å². The van der Waals surface area contributed by atoms with Crippen LogP contribution in [0, 0.1) is 5.92 Å². The summed E-state index contributed by atoms with van der Waals surface area (Å²) in [5.41, 5.74) is 0.170. The highest BCUT2D eigenvalue weighted by atomic mass is 16.5. The van der Waals surface area contributed by atoms with E-state index in [-0.39, 0.29) is 22.8 Å². The summed E-state index contributed by atoms with van der Waals surface area (Å²) in [5.74, 6) is 0.974. The molecule has 0 bridgehead atoms. The Labute approximate surface area is 132 Å². The second-order valence-corrected chi connectivity index (χ2v) is 5.72. The van der Waals surface area contributed by atoms with Gasteiger partial charge in [0, 0.05) is 24.6 Å². The van der Waals surface area contributed by atoms with Gasteiger partial charge in [0.2, 0.25) is 5.65 Å². The van der Waals surface area contributed by atoms with Crippen molar-refractivity contribution >= 4 is 5.65 Å². The van der Waals surface area contributed by atoms with Gasteiger partial charge in [0.15, 0.2) is 0 Å². The second-order valence-electron chi connectivity index (χ2n) is 5.72. The zero-order valence-electron chi connectivity index (χ0n) is 13.3. The van der Waals surface area contributed by atoms with Crippen molar-refractivity contribution in [2.24, 2.45) is 5.92 Å². The summed E-state index contributed by atoms with van der Waals surface area (Å²) in [6.07, 6.45) is 3.13. The fourth-order valence-corrected chi connectivity index (χ4v) is 2.42. The van der Waals surface area contributed by atoms with E-state index in [0.717, 1.165) is 0 Å². The SMILES string of the molecule is COc1ccc(-n2ccn3c(=O)n(CC(C)C)nc3c2=O)cc1. The third-order valence-corrected chi connectivity index (χ3v) is 3.53. The first-order valence-corrected chi connectivity index (χ1v) is 7.36. The quantitative estimate of drug-likeness (QED) is 0.728. The first kappa shape index (κ1) is 15.1. The van der Waals surface area contributed by atoms with Gasteiger partial charge < -0.3 is 4.74 Å². The number of hydrogen-bond acceptors (Lipinski definition) is 4. The van der Waals surface area contributed by atoms with E-state index in [2.05, 4.69) is 5.10 Å². The first-order chi connectivity index (χ1) is 11.0. The lowest BCUT2D eigenvalue weighted by atomic mass is 10.2. The van der Waals surface area contributed by atoms with Gasteiger partial charge in [-0.25, -0.2) is 13.9 Å². The topological polar surface area (TPSA) is 70.5 Å². The Morgan fingerprint density at radius 1 is 1.13 bits per heavy atom. The van der Waals surface area contributed by atoms with Crippen molar-refractivity contribution in [2.45, 2.75) is 20.4 Å². The number of hydrogen-bond donors (Lipinski definition) is 0. The van der Waals surface area contributed by atoms with Crippen LogP contribution in [0.1, 0.15) is 13.8 Å². The lowest BCUT2D eigenvalue weighted by molar-refractivity contribution is 0.414. The minimum atomic E-state index is -0.336. The fourth-order valence-electron chi connectivity index (χ4n) is 2.42. The molecule has 0 unspecified atom stereocenters. The molecule has 0 amide bonds. The summed E-state index contributed by atoms with van der Waals surface area (Å²) in [7, 11) is 1.58. The molecular formula is C16H18N4O3. The Bertz CT molecular complexity index is 948. The smallest absolute Gasteiger partial charge is 0.350 e. The molecule has 1 aromatic carbocycles. The van der Waals surface area contributed by atoms with E-state index >= 15 is 0 Å². The van der Waals surface area contributed by atoms with E-state index < -0.39 is 0 Å². The van der Waals surface area contributed by atoms with Crippen LogP contribution in [0.25, 0.3) is 11.3 Å². The molecule has 0 aliphatic carbocycles. The summed E-state index contributed by atoms with van der Waals surface area (Å²) in [4.78, 5) is 24.9. The highest BCUT2D eigenvalue weighted by molar-refractivity contribution is 5.42. The molecule has 0 radical (unpaired) electrons. The Balaban J connectivity index is 2.14. The Hall–Kier alpha value is -2.83. The van der Waals surface area contributed by atoms with Gasteiger partial charge >= 0.3 is 11.2 Å². The highest BCUT2D eigenvalue weighted by Crippen LogP contribution is 2.13. The zero-order valence-corrected chi connectivity index (χ0v) is 13.3. The molecule has 0 fully saturated rings. The maximum absolute atomic E-state index is 12.6. The molecule has 0 N–H and O–H groups in total. The average molecular weight is 314 g/mol. The van der Waals surface area contributed by atoms with Gasteiger partial charge in [0.25, 0.3) is 0 Å². The Morgan fingerprint density at radius 3 is 2.43 bits per heavy atom. The molecule has 3 rings (SSSR count). The van der Waals surface area contributed by atoms with Crippen LogP contribution >= 0.6 is 0 Å². The number of nitrogens with zero attached hydrogens (tertiary/aromatic N) is 4. The summed E-state index contributed by atoms with van der Waals surface area (Å²) in [5, 5.41) is 4.18. The van der Waals surface area contributed by atoms with Gasteiger partial charge in [-0.2, -0.15) is 0 Å². The monoisotopic (exact) mass is 314 g/mol. The van der Waals surface area contributed by atoms with E-state index in [1.165, 1.54) is 13.6 Å². The van der Waals surface area contributed by atoms with Crippen LogP contribution in [0.15, 0.2) is 46.2 Å². The number of methoxy groups -OCH3 is 1. The van der Waals surface area contributed by atoms with Crippen LogP contribution in [0.2, 0.25) is 0 Å². The lowest BCUT2D eigenvalue weighted by Crippen LogP contribution is -2.25. The first-order valence-electron chi connectivity index (χ1n) is 7.36. The van der Waals surface area contributed by atoms with E-state index in [1.54, 1.807) is 43.8 Å². The third kappa shape index (κ3) is 2.65. The van der Waals surface area contributed by atoms with E-state index in [4.69, 9.17) is 4.74 Å². The summed E-state index contributed by atoms with van der Waals surface area (Å²) in [6.45, 7) is 4.46. The molecule has 120 valence electrons. The average Bonchev–Trinajstić information content (AvgIpc) is 2.85. The largest absolute Gasteiger partial charge is 0.497 e. The van der Waals surface area contributed by atoms with Crippen LogP contribution in [-0.2, 0) is 6.54 Å². The zero-order chi connectivity index (χ0) is 16.6. The number of ether oxygens (including phenoxy) is 1. The van der Waals surface area contributed by atoms with Crippen molar-refractivity contribution in [3.05, 3.63) is 57.5 Å². The second kappa shape index (κ2) is 5.75. The molecule has 7 heteroatoms. The Morgan fingerprint density at radius 2 is 1.83 bits per heavy atom. The van der Waals surface area contributed by atoms with Gasteiger partial charge in [-0.15, -0.1) is 5.10 Å². The van der Waals surface area contributed by atoms with Gasteiger partial charge in [-0.05, 0) is 30.2 Å². The highest BCUT2D eigenvalue weighted by Gasteiger charge is 2.13. The Kier molecular flexibility index (Phi) is 3.77. The van der Waals surface area contributed by atoms with Crippen LogP contribution < -0.4 is 16.0 Å².